The number of Topliss-reactive ketones (excluding diaryl/α,β-unsaturated/α-hetero) is 1. The number of carbonyl (C=O) groups excluding carboxylic acids is 1. The lowest BCUT2D eigenvalue weighted by atomic mass is 9.89. The van der Waals surface area contributed by atoms with Crippen LogP contribution in [0.3, 0.4) is 0 Å². The van der Waals surface area contributed by atoms with Gasteiger partial charge in [-0.15, -0.1) is 11.3 Å². The SMILES string of the molecule is Cc1sc2nc(CN3CCOCC3)nc(N3CCC(C(=O)c4ccccc4)CC3)c2c1C. The molecule has 168 valence electrons. The summed E-state index contributed by atoms with van der Waals surface area (Å²) in [5.41, 5.74) is 2.10. The van der Waals surface area contributed by atoms with Crippen LogP contribution >= 0.6 is 11.3 Å². The van der Waals surface area contributed by atoms with E-state index >= 15 is 0 Å². The molecule has 7 heteroatoms. The molecule has 0 N–H and O–H groups in total. The van der Waals surface area contributed by atoms with Crippen molar-refractivity contribution in [2.75, 3.05) is 44.3 Å². The van der Waals surface area contributed by atoms with E-state index in [-0.39, 0.29) is 11.7 Å². The van der Waals surface area contributed by atoms with Crippen molar-refractivity contribution in [3.63, 3.8) is 0 Å². The maximum absolute atomic E-state index is 12.9. The summed E-state index contributed by atoms with van der Waals surface area (Å²) in [4.78, 5) is 30.1. The fourth-order valence-electron chi connectivity index (χ4n) is 4.72. The zero-order chi connectivity index (χ0) is 22.1. The molecule has 2 aromatic heterocycles. The molecule has 0 aliphatic carbocycles. The van der Waals surface area contributed by atoms with Crippen LogP contribution in [0.15, 0.2) is 30.3 Å². The third kappa shape index (κ3) is 4.29. The van der Waals surface area contributed by atoms with Crippen molar-refractivity contribution in [1.29, 1.82) is 0 Å². The van der Waals surface area contributed by atoms with Crippen molar-refractivity contribution in [2.45, 2.75) is 33.2 Å². The summed E-state index contributed by atoms with van der Waals surface area (Å²) in [5.74, 6) is 2.29. The molecule has 4 heterocycles. The van der Waals surface area contributed by atoms with Crippen LogP contribution in [-0.4, -0.2) is 60.0 Å². The standard InChI is InChI=1S/C25H30N4O2S/c1-17-18(2)32-25-22(17)24(26-21(27-25)16-28-12-14-31-15-13-28)29-10-8-20(9-11-29)23(30)19-6-4-3-5-7-19/h3-7,20H,8-16H2,1-2H3. The Morgan fingerprint density at radius 1 is 1.06 bits per heavy atom. The number of piperidine rings is 1. The van der Waals surface area contributed by atoms with Crippen LogP contribution in [0.1, 0.15) is 39.5 Å². The minimum Gasteiger partial charge on any atom is -0.379 e. The molecule has 1 aromatic carbocycles. The number of ketones is 1. The Morgan fingerprint density at radius 2 is 1.78 bits per heavy atom. The first-order chi connectivity index (χ1) is 15.6. The highest BCUT2D eigenvalue weighted by molar-refractivity contribution is 7.18. The number of rotatable bonds is 5. The minimum absolute atomic E-state index is 0.0871. The van der Waals surface area contributed by atoms with Gasteiger partial charge in [-0.2, -0.15) is 0 Å². The molecular formula is C25H30N4O2S. The van der Waals surface area contributed by atoms with Gasteiger partial charge in [-0.3, -0.25) is 9.69 Å². The van der Waals surface area contributed by atoms with Crippen LogP contribution in [0, 0.1) is 19.8 Å². The summed E-state index contributed by atoms with van der Waals surface area (Å²) in [7, 11) is 0. The van der Waals surface area contributed by atoms with E-state index in [2.05, 4.69) is 23.6 Å². The maximum atomic E-state index is 12.9. The lowest BCUT2D eigenvalue weighted by molar-refractivity contribution is 0.0331. The summed E-state index contributed by atoms with van der Waals surface area (Å²) >= 11 is 1.76. The van der Waals surface area contributed by atoms with Gasteiger partial charge in [-0.1, -0.05) is 30.3 Å². The number of ether oxygens (including phenoxy) is 1. The Balaban J connectivity index is 1.38. The molecule has 0 bridgehead atoms. The smallest absolute Gasteiger partial charge is 0.166 e. The highest BCUT2D eigenvalue weighted by atomic mass is 32.1. The first kappa shape index (κ1) is 21.5. The van der Waals surface area contributed by atoms with E-state index in [1.54, 1.807) is 11.3 Å². The molecule has 0 radical (unpaired) electrons. The van der Waals surface area contributed by atoms with Gasteiger partial charge in [-0.05, 0) is 32.3 Å². The van der Waals surface area contributed by atoms with Crippen molar-refractivity contribution in [3.8, 4) is 0 Å². The lowest BCUT2D eigenvalue weighted by Gasteiger charge is -2.33. The van der Waals surface area contributed by atoms with E-state index in [1.807, 2.05) is 30.3 Å². The third-order valence-corrected chi connectivity index (χ3v) is 7.85. The highest BCUT2D eigenvalue weighted by Gasteiger charge is 2.28. The zero-order valence-electron chi connectivity index (χ0n) is 18.8. The quantitative estimate of drug-likeness (QED) is 0.542. The second kappa shape index (κ2) is 9.25. The van der Waals surface area contributed by atoms with E-state index in [4.69, 9.17) is 14.7 Å². The number of carbonyl (C=O) groups is 1. The molecule has 2 aliphatic heterocycles. The molecule has 2 fully saturated rings. The Kier molecular flexibility index (Phi) is 6.22. The predicted molar refractivity (Wildman–Crippen MR) is 129 cm³/mol. The van der Waals surface area contributed by atoms with E-state index < -0.39 is 0 Å². The highest BCUT2D eigenvalue weighted by Crippen LogP contribution is 2.37. The van der Waals surface area contributed by atoms with Gasteiger partial charge in [0, 0.05) is 42.5 Å². The molecular weight excluding hydrogens is 420 g/mol. The average Bonchev–Trinajstić information content (AvgIpc) is 3.12. The van der Waals surface area contributed by atoms with E-state index in [9.17, 15) is 4.79 Å². The molecule has 0 amide bonds. The molecule has 2 saturated heterocycles. The number of anilines is 1. The maximum Gasteiger partial charge on any atom is 0.166 e. The number of thiophene rings is 1. The van der Waals surface area contributed by atoms with E-state index in [0.717, 1.165) is 80.8 Å². The average molecular weight is 451 g/mol. The van der Waals surface area contributed by atoms with Crippen molar-refractivity contribution in [3.05, 3.63) is 52.2 Å². The number of aromatic nitrogens is 2. The minimum atomic E-state index is 0.0871. The topological polar surface area (TPSA) is 58.6 Å². The molecule has 2 aliphatic rings. The van der Waals surface area contributed by atoms with Crippen LogP contribution in [0.25, 0.3) is 10.2 Å². The van der Waals surface area contributed by atoms with Gasteiger partial charge in [0.15, 0.2) is 5.78 Å². The van der Waals surface area contributed by atoms with Crippen LogP contribution in [0.5, 0.6) is 0 Å². The van der Waals surface area contributed by atoms with Crippen molar-refractivity contribution in [2.24, 2.45) is 5.92 Å². The summed E-state index contributed by atoms with van der Waals surface area (Å²) in [6, 6.07) is 9.70. The number of fused-ring (bicyclic) bond motifs is 1. The normalized spacial score (nSPS) is 18.4. The number of hydrogen-bond donors (Lipinski definition) is 0. The summed E-state index contributed by atoms with van der Waals surface area (Å²) in [6.07, 6.45) is 1.72. The van der Waals surface area contributed by atoms with Gasteiger partial charge in [0.25, 0.3) is 0 Å². The van der Waals surface area contributed by atoms with E-state index in [1.165, 1.54) is 15.8 Å². The lowest BCUT2D eigenvalue weighted by Crippen LogP contribution is -2.38. The largest absolute Gasteiger partial charge is 0.379 e. The summed E-state index contributed by atoms with van der Waals surface area (Å²) < 4.78 is 5.49. The number of nitrogens with zero attached hydrogens (tertiary/aromatic N) is 4. The van der Waals surface area contributed by atoms with Gasteiger partial charge in [0.05, 0.1) is 25.1 Å². The first-order valence-electron chi connectivity index (χ1n) is 11.5. The van der Waals surface area contributed by atoms with Gasteiger partial charge in [0.1, 0.15) is 16.5 Å². The van der Waals surface area contributed by atoms with Gasteiger partial charge in [-0.25, -0.2) is 9.97 Å². The van der Waals surface area contributed by atoms with Crippen LogP contribution in [-0.2, 0) is 11.3 Å². The van der Waals surface area contributed by atoms with Crippen LogP contribution < -0.4 is 4.90 Å². The van der Waals surface area contributed by atoms with Crippen LogP contribution in [0.2, 0.25) is 0 Å². The monoisotopic (exact) mass is 450 g/mol. The number of hydrogen-bond acceptors (Lipinski definition) is 7. The summed E-state index contributed by atoms with van der Waals surface area (Å²) in [6.45, 7) is 10.2. The second-order valence-corrected chi connectivity index (χ2v) is 10.0. The van der Waals surface area contributed by atoms with E-state index in [0.29, 0.717) is 0 Å². The number of aryl methyl sites for hydroxylation is 2. The molecule has 0 saturated carbocycles. The Morgan fingerprint density at radius 3 is 2.50 bits per heavy atom. The Hall–Kier alpha value is -2.35. The zero-order valence-corrected chi connectivity index (χ0v) is 19.7. The second-order valence-electron chi connectivity index (χ2n) is 8.81. The third-order valence-electron chi connectivity index (χ3n) is 6.75. The Labute approximate surface area is 193 Å². The Bertz CT molecular complexity index is 1100. The number of benzene rings is 1. The molecule has 0 atom stereocenters. The molecule has 32 heavy (non-hydrogen) atoms. The number of morpholine rings is 1. The fourth-order valence-corrected chi connectivity index (χ4v) is 5.76. The molecule has 6 nitrogen and oxygen atoms in total. The molecule has 3 aromatic rings. The summed E-state index contributed by atoms with van der Waals surface area (Å²) in [5, 5.41) is 1.19. The molecule has 5 rings (SSSR count). The molecule has 0 spiro atoms. The van der Waals surface area contributed by atoms with Crippen molar-refractivity contribution in [1.82, 2.24) is 14.9 Å². The van der Waals surface area contributed by atoms with Crippen LogP contribution in [0.4, 0.5) is 5.82 Å². The van der Waals surface area contributed by atoms with Gasteiger partial charge < -0.3 is 9.64 Å². The van der Waals surface area contributed by atoms with Crippen molar-refractivity contribution >= 4 is 33.2 Å². The molecule has 0 unspecified atom stereocenters. The predicted octanol–water partition coefficient (Wildman–Crippen LogP) is 4.24. The first-order valence-corrected chi connectivity index (χ1v) is 12.3. The van der Waals surface area contributed by atoms with Gasteiger partial charge in [0.2, 0.25) is 0 Å². The van der Waals surface area contributed by atoms with Crippen molar-refractivity contribution < 1.29 is 9.53 Å². The fraction of sp³-hybridized carbons (Fsp3) is 0.480. The van der Waals surface area contributed by atoms with Gasteiger partial charge >= 0.3 is 0 Å².